The van der Waals surface area contributed by atoms with Crippen molar-refractivity contribution < 1.29 is 17.9 Å². The van der Waals surface area contributed by atoms with Gasteiger partial charge in [0.2, 0.25) is 5.13 Å². The van der Waals surface area contributed by atoms with E-state index in [1.165, 1.54) is 11.5 Å². The lowest BCUT2D eigenvalue weighted by Gasteiger charge is -2.32. The van der Waals surface area contributed by atoms with E-state index in [-0.39, 0.29) is 11.9 Å². The Hall–Kier alpha value is -2.01. The highest BCUT2D eigenvalue weighted by molar-refractivity contribution is 7.09. The molecule has 2 aromatic rings. The lowest BCUT2D eigenvalue weighted by molar-refractivity contribution is -0.141. The first-order valence-corrected chi connectivity index (χ1v) is 8.45. The molecule has 25 heavy (non-hydrogen) atoms. The van der Waals surface area contributed by atoms with Crippen molar-refractivity contribution in [2.45, 2.75) is 31.7 Å². The highest BCUT2D eigenvalue weighted by atomic mass is 32.1. The first-order chi connectivity index (χ1) is 12.0. The molecule has 3 heterocycles. The van der Waals surface area contributed by atoms with Gasteiger partial charge in [-0.15, -0.1) is 0 Å². The summed E-state index contributed by atoms with van der Waals surface area (Å²) in [6, 6.07) is 0.993. The van der Waals surface area contributed by atoms with Crippen LogP contribution in [-0.4, -0.2) is 45.6 Å². The first kappa shape index (κ1) is 17.8. The Bertz CT molecular complexity index is 702. The molecule has 0 amide bonds. The van der Waals surface area contributed by atoms with E-state index in [9.17, 15) is 13.2 Å². The number of rotatable bonds is 5. The number of nitrogens with zero attached hydrogens (tertiary/aromatic N) is 5. The zero-order valence-electron chi connectivity index (χ0n) is 13.5. The van der Waals surface area contributed by atoms with Crippen LogP contribution in [0.15, 0.2) is 12.4 Å². The van der Waals surface area contributed by atoms with Crippen molar-refractivity contribution in [2.24, 2.45) is 0 Å². The second-order valence-electron chi connectivity index (χ2n) is 5.62. The molecule has 1 fully saturated rings. The largest absolute Gasteiger partial charge is 0.433 e. The summed E-state index contributed by atoms with van der Waals surface area (Å²) in [5, 5.41) is 3.90. The van der Waals surface area contributed by atoms with Crippen LogP contribution in [0, 0.1) is 0 Å². The Morgan fingerprint density at radius 1 is 1.32 bits per heavy atom. The third kappa shape index (κ3) is 4.54. The van der Waals surface area contributed by atoms with Crippen LogP contribution in [0.4, 0.5) is 24.1 Å². The van der Waals surface area contributed by atoms with Crippen LogP contribution in [0.25, 0.3) is 0 Å². The number of halogens is 3. The number of hydrogen-bond donors (Lipinski definition) is 1. The van der Waals surface area contributed by atoms with Crippen molar-refractivity contribution in [3.05, 3.63) is 23.9 Å². The molecule has 0 aromatic carbocycles. The Morgan fingerprint density at radius 3 is 2.76 bits per heavy atom. The fourth-order valence-electron chi connectivity index (χ4n) is 2.58. The number of nitrogens with one attached hydrogen (secondary N) is 1. The van der Waals surface area contributed by atoms with E-state index >= 15 is 0 Å². The van der Waals surface area contributed by atoms with Gasteiger partial charge in [-0.2, -0.15) is 17.5 Å². The molecule has 7 nitrogen and oxygen atoms in total. The molecule has 0 spiro atoms. The molecule has 136 valence electrons. The Balaban J connectivity index is 1.55. The molecule has 11 heteroatoms. The molecule has 1 N–H and O–H groups in total. The lowest BCUT2D eigenvalue weighted by Crippen LogP contribution is -2.39. The van der Waals surface area contributed by atoms with Gasteiger partial charge in [-0.1, -0.05) is 0 Å². The third-order valence-corrected chi connectivity index (χ3v) is 4.62. The van der Waals surface area contributed by atoms with Crippen molar-refractivity contribution in [2.75, 3.05) is 30.4 Å². The SMILES string of the molecule is COCc1nsc(N2CCC(Nc3cc(C(F)(F)F)ncn3)CC2)n1. The summed E-state index contributed by atoms with van der Waals surface area (Å²) < 4.78 is 47.3. The fourth-order valence-corrected chi connectivity index (χ4v) is 3.30. The van der Waals surface area contributed by atoms with E-state index in [2.05, 4.69) is 29.5 Å². The summed E-state index contributed by atoms with van der Waals surface area (Å²) in [6.07, 6.45) is -2.01. The molecule has 0 saturated carbocycles. The van der Waals surface area contributed by atoms with Crippen LogP contribution in [0.2, 0.25) is 0 Å². The van der Waals surface area contributed by atoms with Crippen molar-refractivity contribution >= 4 is 22.5 Å². The number of piperidine rings is 1. The number of hydrogen-bond acceptors (Lipinski definition) is 8. The maximum absolute atomic E-state index is 12.7. The van der Waals surface area contributed by atoms with Gasteiger partial charge < -0.3 is 15.0 Å². The van der Waals surface area contributed by atoms with Crippen LogP contribution >= 0.6 is 11.5 Å². The minimum atomic E-state index is -4.47. The molecule has 3 rings (SSSR count). The van der Waals surface area contributed by atoms with E-state index in [4.69, 9.17) is 4.74 Å². The van der Waals surface area contributed by atoms with E-state index in [0.717, 1.165) is 43.5 Å². The molecule has 1 aliphatic heterocycles. The average molecular weight is 374 g/mol. The lowest BCUT2D eigenvalue weighted by atomic mass is 10.1. The average Bonchev–Trinajstić information content (AvgIpc) is 3.04. The Labute approximate surface area is 146 Å². The van der Waals surface area contributed by atoms with E-state index < -0.39 is 11.9 Å². The molecule has 0 radical (unpaired) electrons. The van der Waals surface area contributed by atoms with E-state index in [1.54, 1.807) is 7.11 Å². The highest BCUT2D eigenvalue weighted by Gasteiger charge is 2.33. The molecule has 1 saturated heterocycles. The molecule has 1 aliphatic rings. The standard InChI is InChI=1S/C14H17F3N6OS/c1-24-7-12-21-13(25-22-12)23-4-2-9(3-5-23)20-11-6-10(14(15,16)17)18-8-19-11/h6,8-9H,2-5,7H2,1H3,(H,18,19,20). The molecule has 0 aliphatic carbocycles. The normalized spacial score (nSPS) is 16.2. The summed E-state index contributed by atoms with van der Waals surface area (Å²) >= 11 is 1.32. The van der Waals surface area contributed by atoms with Crippen molar-refractivity contribution in [3.63, 3.8) is 0 Å². The number of aromatic nitrogens is 4. The molecular formula is C14H17F3N6OS. The molecule has 0 unspecified atom stereocenters. The summed E-state index contributed by atoms with van der Waals surface area (Å²) in [5.74, 6) is 0.850. The summed E-state index contributed by atoms with van der Waals surface area (Å²) in [4.78, 5) is 13.7. The van der Waals surface area contributed by atoms with Crippen LogP contribution in [0.5, 0.6) is 0 Å². The quantitative estimate of drug-likeness (QED) is 0.862. The molecule has 0 bridgehead atoms. The van der Waals surface area contributed by atoms with Gasteiger partial charge in [-0.3, -0.25) is 0 Å². The predicted octanol–water partition coefficient (Wildman–Crippen LogP) is 2.57. The maximum Gasteiger partial charge on any atom is 0.433 e. The fraction of sp³-hybridized carbons (Fsp3) is 0.571. The minimum Gasteiger partial charge on any atom is -0.377 e. The molecule has 0 atom stereocenters. The number of methoxy groups -OCH3 is 1. The Morgan fingerprint density at radius 2 is 2.08 bits per heavy atom. The second kappa shape index (κ2) is 7.48. The van der Waals surface area contributed by atoms with Gasteiger partial charge in [0.25, 0.3) is 0 Å². The van der Waals surface area contributed by atoms with Crippen molar-refractivity contribution in [1.29, 1.82) is 0 Å². The van der Waals surface area contributed by atoms with Gasteiger partial charge in [-0.25, -0.2) is 15.0 Å². The van der Waals surface area contributed by atoms with Crippen molar-refractivity contribution in [1.82, 2.24) is 19.3 Å². The maximum atomic E-state index is 12.7. The van der Waals surface area contributed by atoms with Gasteiger partial charge in [-0.05, 0) is 12.8 Å². The van der Waals surface area contributed by atoms with Gasteiger partial charge in [0.15, 0.2) is 5.82 Å². The number of ether oxygens (including phenoxy) is 1. The van der Waals surface area contributed by atoms with E-state index in [1.807, 2.05) is 0 Å². The summed E-state index contributed by atoms with van der Waals surface area (Å²) in [5.41, 5.74) is -0.943. The Kier molecular flexibility index (Phi) is 5.33. The van der Waals surface area contributed by atoms with Gasteiger partial charge >= 0.3 is 6.18 Å². The minimum absolute atomic E-state index is 0.0543. The first-order valence-electron chi connectivity index (χ1n) is 7.68. The van der Waals surface area contributed by atoms with Crippen LogP contribution in [0.1, 0.15) is 24.4 Å². The summed E-state index contributed by atoms with van der Waals surface area (Å²) in [6.45, 7) is 1.87. The van der Waals surface area contributed by atoms with Crippen LogP contribution < -0.4 is 10.2 Å². The summed E-state index contributed by atoms with van der Waals surface area (Å²) in [7, 11) is 1.59. The smallest absolute Gasteiger partial charge is 0.377 e. The number of alkyl halides is 3. The number of anilines is 2. The van der Waals surface area contributed by atoms with Gasteiger partial charge in [0, 0.05) is 43.8 Å². The van der Waals surface area contributed by atoms with E-state index in [0.29, 0.717) is 12.4 Å². The third-order valence-electron chi connectivity index (χ3n) is 3.81. The molecular weight excluding hydrogens is 357 g/mol. The highest BCUT2D eigenvalue weighted by Crippen LogP contribution is 2.29. The van der Waals surface area contributed by atoms with Gasteiger partial charge in [0.1, 0.15) is 24.4 Å². The molecule has 2 aromatic heterocycles. The topological polar surface area (TPSA) is 76.1 Å². The monoisotopic (exact) mass is 374 g/mol. The van der Waals surface area contributed by atoms with Gasteiger partial charge in [0.05, 0.1) is 0 Å². The zero-order chi connectivity index (χ0) is 17.9. The van der Waals surface area contributed by atoms with Crippen LogP contribution in [0.3, 0.4) is 0 Å². The van der Waals surface area contributed by atoms with Crippen LogP contribution in [-0.2, 0) is 17.5 Å². The predicted molar refractivity (Wildman–Crippen MR) is 86.5 cm³/mol. The second-order valence-corrected chi connectivity index (χ2v) is 6.35. The van der Waals surface area contributed by atoms with Crippen molar-refractivity contribution in [3.8, 4) is 0 Å². The zero-order valence-corrected chi connectivity index (χ0v) is 14.3.